The zero-order valence-electron chi connectivity index (χ0n) is 14.5. The van der Waals surface area contributed by atoms with E-state index >= 15 is 0 Å². The van der Waals surface area contributed by atoms with Gasteiger partial charge in [-0.05, 0) is 49.9 Å². The molecule has 0 unspecified atom stereocenters. The first-order valence-corrected chi connectivity index (χ1v) is 9.40. The fraction of sp³-hybridized carbons (Fsp3) is 0.632. The van der Waals surface area contributed by atoms with Crippen molar-refractivity contribution >= 4 is 17.5 Å². The van der Waals surface area contributed by atoms with Gasteiger partial charge in [-0.15, -0.1) is 0 Å². The summed E-state index contributed by atoms with van der Waals surface area (Å²) in [6.45, 7) is 2.69. The summed E-state index contributed by atoms with van der Waals surface area (Å²) in [5, 5.41) is 10.7. The van der Waals surface area contributed by atoms with Gasteiger partial charge in [0.1, 0.15) is 5.75 Å². The number of carbonyl (C=O) groups excluding carboxylic acids is 1. The van der Waals surface area contributed by atoms with Gasteiger partial charge in [0.15, 0.2) is 6.61 Å². The maximum atomic E-state index is 11.0. The van der Waals surface area contributed by atoms with Crippen molar-refractivity contribution in [3.05, 3.63) is 28.8 Å². The Morgan fingerprint density at radius 1 is 1.44 bits per heavy atom. The van der Waals surface area contributed by atoms with Crippen molar-refractivity contribution in [1.82, 2.24) is 4.90 Å². The summed E-state index contributed by atoms with van der Waals surface area (Å²) in [6.07, 6.45) is 5.92. The lowest BCUT2D eigenvalue weighted by atomic mass is 9.76. The van der Waals surface area contributed by atoms with Gasteiger partial charge in [0, 0.05) is 35.7 Å². The van der Waals surface area contributed by atoms with Crippen molar-refractivity contribution in [3.63, 3.8) is 0 Å². The van der Waals surface area contributed by atoms with Crippen LogP contribution >= 0.6 is 11.6 Å². The number of hydrogen-bond acceptors (Lipinski definition) is 4. The van der Waals surface area contributed by atoms with Crippen molar-refractivity contribution in [2.45, 2.75) is 38.6 Å². The van der Waals surface area contributed by atoms with Crippen LogP contribution in [-0.4, -0.2) is 42.2 Å². The van der Waals surface area contributed by atoms with Gasteiger partial charge in [-0.1, -0.05) is 24.4 Å². The molecule has 6 heteroatoms. The zero-order chi connectivity index (χ0) is 17.9. The molecule has 1 aromatic rings. The molecule has 1 amide bonds. The van der Waals surface area contributed by atoms with Crippen LogP contribution in [0.4, 0.5) is 0 Å². The summed E-state index contributed by atoms with van der Waals surface area (Å²) in [7, 11) is 0. The molecule has 2 aliphatic rings. The Morgan fingerprint density at radius 2 is 2.24 bits per heavy atom. The van der Waals surface area contributed by atoms with Crippen LogP contribution in [0.2, 0.25) is 5.02 Å². The van der Waals surface area contributed by atoms with E-state index in [0.717, 1.165) is 43.8 Å². The second kappa shape index (κ2) is 7.94. The monoisotopic (exact) mass is 366 g/mol. The number of amides is 1. The highest BCUT2D eigenvalue weighted by molar-refractivity contribution is 6.30. The minimum atomic E-state index is -0.498. The minimum absolute atomic E-state index is 0.0201. The number of aliphatic hydroxyl groups is 1. The lowest BCUT2D eigenvalue weighted by Crippen LogP contribution is -2.45. The molecule has 1 aliphatic carbocycles. The Kier molecular flexibility index (Phi) is 5.87. The van der Waals surface area contributed by atoms with Crippen LogP contribution in [0.15, 0.2) is 18.2 Å². The predicted molar refractivity (Wildman–Crippen MR) is 97.5 cm³/mol. The van der Waals surface area contributed by atoms with Gasteiger partial charge in [0.25, 0.3) is 5.91 Å². The fourth-order valence-corrected chi connectivity index (χ4v) is 4.14. The Balaban J connectivity index is 1.70. The number of rotatable bonds is 8. The molecule has 1 heterocycles. The molecule has 138 valence electrons. The molecule has 2 fully saturated rings. The normalized spacial score (nSPS) is 24.2. The van der Waals surface area contributed by atoms with E-state index in [1.165, 1.54) is 12.8 Å². The molecule has 3 N–H and O–H groups in total. The Bertz CT molecular complexity index is 621. The van der Waals surface area contributed by atoms with E-state index in [-0.39, 0.29) is 18.6 Å². The number of primary amides is 1. The number of hydrogen-bond donors (Lipinski definition) is 2. The van der Waals surface area contributed by atoms with Crippen LogP contribution in [-0.2, 0) is 11.3 Å². The third-order valence-corrected chi connectivity index (χ3v) is 5.52. The Morgan fingerprint density at radius 3 is 2.92 bits per heavy atom. The first-order valence-electron chi connectivity index (χ1n) is 9.02. The molecule has 5 nitrogen and oxygen atoms in total. The Hall–Kier alpha value is -1.30. The van der Waals surface area contributed by atoms with Crippen molar-refractivity contribution in [1.29, 1.82) is 0 Å². The number of ether oxygens (including phenoxy) is 1. The highest BCUT2D eigenvalue weighted by atomic mass is 35.5. The number of aliphatic hydroxyl groups excluding tert-OH is 1. The quantitative estimate of drug-likeness (QED) is 0.741. The largest absolute Gasteiger partial charge is 0.483 e. The maximum absolute atomic E-state index is 11.0. The number of benzene rings is 1. The van der Waals surface area contributed by atoms with Crippen molar-refractivity contribution in [3.8, 4) is 5.75 Å². The first-order chi connectivity index (χ1) is 12.0. The molecule has 1 atom stereocenters. The molecule has 1 saturated heterocycles. The smallest absolute Gasteiger partial charge is 0.255 e. The highest BCUT2D eigenvalue weighted by Crippen LogP contribution is 2.44. The fourth-order valence-electron chi connectivity index (χ4n) is 3.94. The SMILES string of the molecule is NC(=O)COc1ccc(Cl)cc1CN1CCC[C@@](CO)(CC2CC2)C1. The second-order valence-electron chi connectivity index (χ2n) is 7.63. The molecule has 1 aliphatic heterocycles. The van der Waals surface area contributed by atoms with E-state index < -0.39 is 5.91 Å². The van der Waals surface area contributed by atoms with Crippen molar-refractivity contribution < 1.29 is 14.6 Å². The second-order valence-corrected chi connectivity index (χ2v) is 8.06. The van der Waals surface area contributed by atoms with Gasteiger partial charge in [0.2, 0.25) is 0 Å². The van der Waals surface area contributed by atoms with Gasteiger partial charge in [-0.2, -0.15) is 0 Å². The molecule has 0 aromatic heterocycles. The van der Waals surface area contributed by atoms with Crippen LogP contribution < -0.4 is 10.5 Å². The molecule has 25 heavy (non-hydrogen) atoms. The van der Waals surface area contributed by atoms with Crippen molar-refractivity contribution in [2.75, 3.05) is 26.3 Å². The molecule has 1 aromatic carbocycles. The van der Waals surface area contributed by atoms with Crippen LogP contribution in [0.1, 0.15) is 37.7 Å². The van der Waals surface area contributed by atoms with Gasteiger partial charge >= 0.3 is 0 Å². The van der Waals surface area contributed by atoms with E-state index in [4.69, 9.17) is 22.1 Å². The van der Waals surface area contributed by atoms with Crippen LogP contribution in [0.25, 0.3) is 0 Å². The minimum Gasteiger partial charge on any atom is -0.483 e. The van der Waals surface area contributed by atoms with E-state index in [2.05, 4.69) is 4.90 Å². The maximum Gasteiger partial charge on any atom is 0.255 e. The van der Waals surface area contributed by atoms with Crippen LogP contribution in [0, 0.1) is 11.3 Å². The summed E-state index contributed by atoms with van der Waals surface area (Å²) in [5.74, 6) is 0.945. The first kappa shape index (κ1) is 18.5. The molecular formula is C19H27ClN2O3. The molecule has 1 saturated carbocycles. The molecule has 3 rings (SSSR count). The predicted octanol–water partition coefficient (Wildman–Crippen LogP) is 2.58. The van der Waals surface area contributed by atoms with E-state index in [1.807, 2.05) is 6.07 Å². The van der Waals surface area contributed by atoms with Gasteiger partial charge < -0.3 is 15.6 Å². The van der Waals surface area contributed by atoms with Gasteiger partial charge in [0.05, 0.1) is 0 Å². The number of nitrogens with zero attached hydrogens (tertiary/aromatic N) is 1. The molecule has 0 radical (unpaired) electrons. The lowest BCUT2D eigenvalue weighted by Gasteiger charge is -2.42. The zero-order valence-corrected chi connectivity index (χ0v) is 15.3. The Labute approximate surface area is 154 Å². The van der Waals surface area contributed by atoms with Crippen LogP contribution in [0.3, 0.4) is 0 Å². The number of piperidine rings is 1. The third-order valence-electron chi connectivity index (χ3n) is 5.28. The lowest BCUT2D eigenvalue weighted by molar-refractivity contribution is -0.119. The standard InChI is InChI=1S/C19H27ClN2O3/c20-16-4-5-17(25-11-18(21)24)15(8-16)10-22-7-1-6-19(12-22,13-23)9-14-2-3-14/h4-5,8,14,23H,1-3,6-7,9-13H2,(H2,21,24)/t19-/m1/s1. The number of likely N-dealkylation sites (tertiary alicyclic amines) is 1. The molecular weight excluding hydrogens is 340 g/mol. The summed E-state index contributed by atoms with van der Waals surface area (Å²) in [5.41, 5.74) is 6.15. The summed E-state index contributed by atoms with van der Waals surface area (Å²) in [6, 6.07) is 5.42. The topological polar surface area (TPSA) is 75.8 Å². The van der Waals surface area contributed by atoms with Gasteiger partial charge in [-0.25, -0.2) is 0 Å². The number of nitrogens with two attached hydrogens (primary N) is 1. The summed E-state index contributed by atoms with van der Waals surface area (Å²) in [4.78, 5) is 13.4. The summed E-state index contributed by atoms with van der Waals surface area (Å²) < 4.78 is 5.54. The number of halogens is 1. The van der Waals surface area contributed by atoms with E-state index in [1.54, 1.807) is 12.1 Å². The van der Waals surface area contributed by atoms with E-state index in [0.29, 0.717) is 17.3 Å². The van der Waals surface area contributed by atoms with E-state index in [9.17, 15) is 9.90 Å². The van der Waals surface area contributed by atoms with Gasteiger partial charge in [-0.3, -0.25) is 9.69 Å². The third kappa shape index (κ3) is 5.09. The highest BCUT2D eigenvalue weighted by Gasteiger charge is 2.39. The average molecular weight is 367 g/mol. The van der Waals surface area contributed by atoms with Crippen molar-refractivity contribution in [2.24, 2.45) is 17.1 Å². The van der Waals surface area contributed by atoms with Crippen LogP contribution in [0.5, 0.6) is 5.75 Å². The molecule has 0 spiro atoms. The number of carbonyl (C=O) groups is 1. The average Bonchev–Trinajstić information content (AvgIpc) is 3.38. The molecule has 0 bridgehead atoms. The summed E-state index contributed by atoms with van der Waals surface area (Å²) >= 11 is 6.15.